The lowest BCUT2D eigenvalue weighted by atomic mass is 10.1. The number of aromatic nitrogens is 2. The van der Waals surface area contributed by atoms with E-state index in [9.17, 15) is 4.79 Å². The molecule has 23 heavy (non-hydrogen) atoms. The second kappa shape index (κ2) is 8.82. The predicted molar refractivity (Wildman–Crippen MR) is 104 cm³/mol. The maximum atomic E-state index is 13.0. The number of alkyl halides is 1. The van der Waals surface area contributed by atoms with Crippen molar-refractivity contribution in [3.63, 3.8) is 0 Å². The summed E-state index contributed by atoms with van der Waals surface area (Å²) in [5.41, 5.74) is 4.58. The molecule has 2 aromatic heterocycles. The van der Waals surface area contributed by atoms with Crippen molar-refractivity contribution in [2.45, 2.75) is 46.9 Å². The number of allylic oxidation sites excluding steroid dienone is 4. The van der Waals surface area contributed by atoms with E-state index in [2.05, 4.69) is 20.9 Å². The average molecular weight is 377 g/mol. The van der Waals surface area contributed by atoms with Crippen molar-refractivity contribution >= 4 is 32.5 Å². The fourth-order valence-electron chi connectivity index (χ4n) is 2.47. The van der Waals surface area contributed by atoms with Gasteiger partial charge in [-0.3, -0.25) is 14.3 Å². The molecule has 0 N–H and O–H groups in total. The molecule has 0 unspecified atom stereocenters. The smallest absolute Gasteiger partial charge is 0.265 e. The quantitative estimate of drug-likeness (QED) is 0.526. The summed E-state index contributed by atoms with van der Waals surface area (Å²) in [5, 5.41) is 1.28. The molecular formula is C19H25BrN2O. The first-order chi connectivity index (χ1) is 11.0. The second-order valence-corrected chi connectivity index (χ2v) is 5.50. The van der Waals surface area contributed by atoms with E-state index in [1.807, 2.05) is 65.8 Å². The molecule has 0 radical (unpaired) electrons. The highest BCUT2D eigenvalue weighted by Crippen LogP contribution is 2.21. The Morgan fingerprint density at radius 1 is 1.30 bits per heavy atom. The Morgan fingerprint density at radius 2 is 1.96 bits per heavy atom. The van der Waals surface area contributed by atoms with Gasteiger partial charge in [0.25, 0.3) is 5.56 Å². The molecule has 2 heterocycles. The Bertz CT molecular complexity index is 801. The lowest BCUT2D eigenvalue weighted by Gasteiger charge is -2.17. The summed E-state index contributed by atoms with van der Waals surface area (Å²) in [5.74, 6) is 0. The predicted octanol–water partition coefficient (Wildman–Crippen LogP) is 5.45. The summed E-state index contributed by atoms with van der Waals surface area (Å²) >= 11 is 3.48. The molecule has 0 aliphatic heterocycles. The number of rotatable bonds is 3. The van der Waals surface area contributed by atoms with E-state index in [1.165, 1.54) is 0 Å². The van der Waals surface area contributed by atoms with Crippen LogP contribution in [0.3, 0.4) is 0 Å². The number of nitrogens with zero attached hydrogens (tertiary/aromatic N) is 2. The Hall–Kier alpha value is -1.68. The van der Waals surface area contributed by atoms with Gasteiger partial charge in [-0.05, 0) is 51.0 Å². The average Bonchev–Trinajstić information content (AvgIpc) is 2.58. The van der Waals surface area contributed by atoms with Crippen LogP contribution in [-0.2, 0) is 5.33 Å². The van der Waals surface area contributed by atoms with Crippen molar-refractivity contribution in [1.29, 1.82) is 0 Å². The van der Waals surface area contributed by atoms with Crippen LogP contribution >= 0.6 is 15.9 Å². The first-order valence-electron chi connectivity index (χ1n) is 7.91. The zero-order valence-electron chi connectivity index (χ0n) is 14.8. The molecule has 3 nitrogen and oxygen atoms in total. The van der Waals surface area contributed by atoms with Crippen molar-refractivity contribution in [3.05, 3.63) is 57.7 Å². The van der Waals surface area contributed by atoms with Crippen LogP contribution < -0.4 is 5.56 Å². The zero-order chi connectivity index (χ0) is 17.6. The summed E-state index contributed by atoms with van der Waals surface area (Å²) in [4.78, 5) is 17.3. The fraction of sp³-hybridized carbons (Fsp3) is 0.368. The van der Waals surface area contributed by atoms with Crippen molar-refractivity contribution < 1.29 is 0 Å². The van der Waals surface area contributed by atoms with Gasteiger partial charge in [-0.25, -0.2) is 0 Å². The summed E-state index contributed by atoms with van der Waals surface area (Å²) in [6, 6.07) is 3.85. The Kier molecular flexibility index (Phi) is 7.43. The van der Waals surface area contributed by atoms with Gasteiger partial charge in [0.05, 0.1) is 10.9 Å². The van der Waals surface area contributed by atoms with Gasteiger partial charge < -0.3 is 0 Å². The number of aryl methyl sites for hydroxylation is 1. The Balaban J connectivity index is 0.00000127. The lowest BCUT2D eigenvalue weighted by molar-refractivity contribution is 0.956. The third-order valence-electron chi connectivity index (χ3n) is 3.68. The van der Waals surface area contributed by atoms with Crippen molar-refractivity contribution in [1.82, 2.24) is 9.55 Å². The van der Waals surface area contributed by atoms with Crippen molar-refractivity contribution in [2.24, 2.45) is 0 Å². The number of halogens is 1. The molecule has 2 aromatic rings. The van der Waals surface area contributed by atoms with E-state index in [4.69, 9.17) is 0 Å². The van der Waals surface area contributed by atoms with Gasteiger partial charge in [-0.15, -0.1) is 0 Å². The monoisotopic (exact) mass is 376 g/mol. The van der Waals surface area contributed by atoms with Crippen LogP contribution in [0.1, 0.15) is 45.9 Å². The molecule has 0 spiro atoms. The third kappa shape index (κ3) is 3.81. The molecule has 0 amide bonds. The van der Waals surface area contributed by atoms with E-state index < -0.39 is 0 Å². The summed E-state index contributed by atoms with van der Waals surface area (Å²) in [6.07, 6.45) is 5.73. The van der Waals surface area contributed by atoms with Gasteiger partial charge >= 0.3 is 0 Å². The third-order valence-corrected chi connectivity index (χ3v) is 4.26. The van der Waals surface area contributed by atoms with Gasteiger partial charge in [-0.2, -0.15) is 0 Å². The molecule has 0 aliphatic carbocycles. The largest absolute Gasteiger partial charge is 0.280 e. The molecule has 0 aliphatic rings. The Morgan fingerprint density at radius 3 is 2.48 bits per heavy atom. The summed E-state index contributed by atoms with van der Waals surface area (Å²) in [6.45, 7) is 11.9. The standard InChI is InChI=1S/C17H19BrN2O.C2H6/c1-5-11(3)15(6-2)20-13(10-18)9-14-16(17(20)21)12(4)7-8-19-14;1-2/h5-9H,10H2,1-4H3;1-2H3/b11-5-,15-6+;. The van der Waals surface area contributed by atoms with Gasteiger partial charge in [0.15, 0.2) is 0 Å². The summed E-state index contributed by atoms with van der Waals surface area (Å²) < 4.78 is 1.78. The first-order valence-corrected chi connectivity index (χ1v) is 9.03. The minimum Gasteiger partial charge on any atom is -0.280 e. The highest BCUT2D eigenvalue weighted by molar-refractivity contribution is 9.08. The van der Waals surface area contributed by atoms with Crippen LogP contribution in [0.25, 0.3) is 16.6 Å². The number of pyridine rings is 2. The first kappa shape index (κ1) is 19.4. The van der Waals surface area contributed by atoms with Crippen LogP contribution in [0.2, 0.25) is 0 Å². The molecule has 0 atom stereocenters. The van der Waals surface area contributed by atoms with Gasteiger partial charge in [0.1, 0.15) is 0 Å². The minimum atomic E-state index is -0.0122. The van der Waals surface area contributed by atoms with E-state index in [0.29, 0.717) is 10.7 Å². The molecule has 0 saturated carbocycles. The highest BCUT2D eigenvalue weighted by atomic mass is 79.9. The molecule has 0 fully saturated rings. The molecule has 124 valence electrons. The van der Waals surface area contributed by atoms with Gasteiger partial charge in [-0.1, -0.05) is 41.9 Å². The molecule has 4 heteroatoms. The summed E-state index contributed by atoms with van der Waals surface area (Å²) in [7, 11) is 0. The molecule has 0 bridgehead atoms. The number of fused-ring (bicyclic) bond motifs is 1. The van der Waals surface area contributed by atoms with E-state index in [0.717, 1.165) is 28.0 Å². The molecule has 2 rings (SSSR count). The second-order valence-electron chi connectivity index (χ2n) is 4.94. The number of hydrogen-bond acceptors (Lipinski definition) is 2. The van der Waals surface area contributed by atoms with Crippen LogP contribution in [0.5, 0.6) is 0 Å². The van der Waals surface area contributed by atoms with E-state index in [1.54, 1.807) is 10.8 Å². The van der Waals surface area contributed by atoms with E-state index in [-0.39, 0.29) is 5.56 Å². The van der Waals surface area contributed by atoms with E-state index >= 15 is 0 Å². The lowest BCUT2D eigenvalue weighted by Crippen LogP contribution is -2.24. The van der Waals surface area contributed by atoms with Gasteiger partial charge in [0, 0.05) is 22.9 Å². The topological polar surface area (TPSA) is 34.9 Å². The Labute approximate surface area is 146 Å². The highest BCUT2D eigenvalue weighted by Gasteiger charge is 2.14. The SMILES string of the molecule is C/C=C(C)\C(=C/C)n1c(CBr)cc2nccc(C)c2c1=O.CC. The van der Waals surface area contributed by atoms with Crippen molar-refractivity contribution in [2.75, 3.05) is 0 Å². The normalized spacial score (nSPS) is 12.1. The molecular weight excluding hydrogens is 352 g/mol. The van der Waals surface area contributed by atoms with Crippen LogP contribution in [0, 0.1) is 6.92 Å². The maximum absolute atomic E-state index is 13.0. The fourth-order valence-corrected chi connectivity index (χ4v) is 2.89. The number of hydrogen-bond donors (Lipinski definition) is 0. The van der Waals surface area contributed by atoms with Crippen LogP contribution in [0.4, 0.5) is 0 Å². The zero-order valence-corrected chi connectivity index (χ0v) is 16.4. The minimum absolute atomic E-state index is 0.0122. The van der Waals surface area contributed by atoms with Crippen molar-refractivity contribution in [3.8, 4) is 0 Å². The van der Waals surface area contributed by atoms with Crippen LogP contribution in [-0.4, -0.2) is 9.55 Å². The molecule has 0 saturated heterocycles. The molecule has 0 aromatic carbocycles. The maximum Gasteiger partial charge on any atom is 0.265 e. The van der Waals surface area contributed by atoms with Gasteiger partial charge in [0.2, 0.25) is 0 Å². The van der Waals surface area contributed by atoms with Crippen LogP contribution in [0.15, 0.2) is 40.8 Å².